The summed E-state index contributed by atoms with van der Waals surface area (Å²) >= 11 is 0. The Morgan fingerprint density at radius 3 is 2.53 bits per heavy atom. The molecular weight excluding hydrogens is 208 g/mol. The molecule has 0 saturated carbocycles. The average Bonchev–Trinajstić information content (AvgIpc) is 2.29. The van der Waals surface area contributed by atoms with Gasteiger partial charge in [0, 0.05) is 6.42 Å². The molecule has 1 heteroatoms. The van der Waals surface area contributed by atoms with Crippen molar-refractivity contribution in [1.29, 1.82) is 0 Å². The Kier molecular flexibility index (Phi) is 5.10. The lowest BCUT2D eigenvalue weighted by Gasteiger charge is -2.20. The second-order valence-electron chi connectivity index (χ2n) is 4.45. The summed E-state index contributed by atoms with van der Waals surface area (Å²) in [6, 6.07) is 4.38. The minimum absolute atomic E-state index is 0.403. The molecule has 0 aliphatic carbocycles. The van der Waals surface area contributed by atoms with Crippen LogP contribution in [0.1, 0.15) is 49.3 Å². The minimum atomic E-state index is 0.403. The van der Waals surface area contributed by atoms with Gasteiger partial charge in [-0.1, -0.05) is 24.6 Å². The molecule has 1 aromatic rings. The van der Waals surface area contributed by atoms with E-state index in [9.17, 15) is 0 Å². The molecule has 0 amide bonds. The Hall–Kier alpha value is -1.42. The highest BCUT2D eigenvalue weighted by Crippen LogP contribution is 2.34. The topological polar surface area (TPSA) is 9.23 Å². The quantitative estimate of drug-likeness (QED) is 0.688. The zero-order chi connectivity index (χ0) is 12.8. The molecule has 0 aliphatic heterocycles. The number of rotatable bonds is 5. The zero-order valence-corrected chi connectivity index (χ0v) is 11.3. The maximum atomic E-state index is 5.78. The predicted molar refractivity (Wildman–Crippen MR) is 73.6 cm³/mol. The average molecular weight is 230 g/mol. The number of ether oxygens (including phenoxy) is 1. The van der Waals surface area contributed by atoms with Crippen LogP contribution in [-0.4, -0.2) is 6.61 Å². The van der Waals surface area contributed by atoms with Gasteiger partial charge in [-0.3, -0.25) is 0 Å². The van der Waals surface area contributed by atoms with Gasteiger partial charge >= 0.3 is 0 Å². The van der Waals surface area contributed by atoms with E-state index in [1.807, 2.05) is 6.92 Å². The van der Waals surface area contributed by atoms with Gasteiger partial charge in [0.15, 0.2) is 0 Å². The van der Waals surface area contributed by atoms with Crippen molar-refractivity contribution >= 4 is 0 Å². The second-order valence-corrected chi connectivity index (χ2v) is 4.45. The molecule has 0 N–H and O–H groups in total. The van der Waals surface area contributed by atoms with Crippen LogP contribution >= 0.6 is 0 Å². The Morgan fingerprint density at radius 2 is 2.00 bits per heavy atom. The molecule has 0 heterocycles. The molecule has 92 valence electrons. The normalized spacial score (nSPS) is 11.9. The second kappa shape index (κ2) is 6.35. The van der Waals surface area contributed by atoms with Gasteiger partial charge in [-0.2, -0.15) is 0 Å². The Labute approximate surface area is 105 Å². The van der Waals surface area contributed by atoms with Gasteiger partial charge < -0.3 is 4.74 Å². The molecule has 0 radical (unpaired) electrons. The lowest BCUT2D eigenvalue weighted by atomic mass is 9.90. The third kappa shape index (κ3) is 3.27. The van der Waals surface area contributed by atoms with E-state index in [1.165, 1.54) is 16.7 Å². The fourth-order valence-corrected chi connectivity index (χ4v) is 2.25. The van der Waals surface area contributed by atoms with Gasteiger partial charge in [-0.05, 0) is 44.2 Å². The van der Waals surface area contributed by atoms with E-state index in [1.54, 1.807) is 0 Å². The highest BCUT2D eigenvalue weighted by Gasteiger charge is 2.16. The molecule has 0 aromatic heterocycles. The van der Waals surface area contributed by atoms with Gasteiger partial charge in [0.05, 0.1) is 6.61 Å². The lowest BCUT2D eigenvalue weighted by Crippen LogP contribution is -2.04. The van der Waals surface area contributed by atoms with Crippen LogP contribution in [0.15, 0.2) is 12.1 Å². The molecule has 0 fully saturated rings. The summed E-state index contributed by atoms with van der Waals surface area (Å²) in [7, 11) is 0. The minimum Gasteiger partial charge on any atom is -0.493 e. The maximum Gasteiger partial charge on any atom is 0.125 e. The van der Waals surface area contributed by atoms with Crippen LogP contribution in [0.4, 0.5) is 0 Å². The monoisotopic (exact) mass is 230 g/mol. The van der Waals surface area contributed by atoms with Crippen LogP contribution in [0, 0.1) is 26.2 Å². The van der Waals surface area contributed by atoms with Crippen molar-refractivity contribution in [2.45, 2.75) is 46.5 Å². The maximum absolute atomic E-state index is 5.78. The van der Waals surface area contributed by atoms with E-state index in [0.717, 1.165) is 18.6 Å². The van der Waals surface area contributed by atoms with E-state index in [2.05, 4.69) is 38.8 Å². The lowest BCUT2D eigenvalue weighted by molar-refractivity contribution is 0.331. The standard InChI is InChI=1S/C16H22O/c1-6-9-14(7-2)15-11-12(4)10-13(5)16(15)17-8-3/h1,10-11,14H,7-9H2,2-5H3. The Morgan fingerprint density at radius 1 is 1.29 bits per heavy atom. The van der Waals surface area contributed by atoms with Crippen molar-refractivity contribution in [2.24, 2.45) is 0 Å². The molecule has 0 aliphatic rings. The SMILES string of the molecule is C#CCC(CC)c1cc(C)cc(C)c1OCC. The summed E-state index contributed by atoms with van der Waals surface area (Å²) in [6.45, 7) is 9.11. The Balaban J connectivity index is 3.23. The summed E-state index contributed by atoms with van der Waals surface area (Å²) in [5.41, 5.74) is 3.75. The zero-order valence-electron chi connectivity index (χ0n) is 11.3. The van der Waals surface area contributed by atoms with Gasteiger partial charge in [0.1, 0.15) is 5.75 Å². The van der Waals surface area contributed by atoms with Crippen molar-refractivity contribution in [2.75, 3.05) is 6.61 Å². The van der Waals surface area contributed by atoms with Gasteiger partial charge in [0.2, 0.25) is 0 Å². The predicted octanol–water partition coefficient (Wildman–Crippen LogP) is 4.22. The van der Waals surface area contributed by atoms with Crippen molar-refractivity contribution < 1.29 is 4.74 Å². The highest BCUT2D eigenvalue weighted by atomic mass is 16.5. The van der Waals surface area contributed by atoms with E-state index >= 15 is 0 Å². The number of hydrogen-bond donors (Lipinski definition) is 0. The van der Waals surface area contributed by atoms with Crippen LogP contribution in [0.5, 0.6) is 5.75 Å². The van der Waals surface area contributed by atoms with E-state index < -0.39 is 0 Å². The first-order valence-corrected chi connectivity index (χ1v) is 6.31. The van der Waals surface area contributed by atoms with Crippen molar-refractivity contribution in [3.05, 3.63) is 28.8 Å². The Bertz CT molecular complexity index is 412. The number of hydrogen-bond acceptors (Lipinski definition) is 1. The molecule has 1 atom stereocenters. The van der Waals surface area contributed by atoms with Crippen LogP contribution in [0.2, 0.25) is 0 Å². The van der Waals surface area contributed by atoms with Crippen molar-refractivity contribution in [3.63, 3.8) is 0 Å². The fourth-order valence-electron chi connectivity index (χ4n) is 2.25. The summed E-state index contributed by atoms with van der Waals surface area (Å²) in [6.07, 6.45) is 7.28. The highest BCUT2D eigenvalue weighted by molar-refractivity contribution is 5.46. The first-order valence-electron chi connectivity index (χ1n) is 6.31. The third-order valence-corrected chi connectivity index (χ3v) is 3.03. The number of terminal acetylenes is 1. The molecule has 1 rings (SSSR count). The molecule has 1 aromatic carbocycles. The van der Waals surface area contributed by atoms with Crippen LogP contribution in [-0.2, 0) is 0 Å². The molecule has 1 nitrogen and oxygen atoms in total. The summed E-state index contributed by atoms with van der Waals surface area (Å²) in [4.78, 5) is 0. The van der Waals surface area contributed by atoms with Crippen molar-refractivity contribution in [1.82, 2.24) is 0 Å². The molecule has 1 unspecified atom stereocenters. The number of aryl methyl sites for hydroxylation is 2. The van der Waals surface area contributed by atoms with Gasteiger partial charge in [-0.15, -0.1) is 12.3 Å². The van der Waals surface area contributed by atoms with Gasteiger partial charge in [-0.25, -0.2) is 0 Å². The fraction of sp³-hybridized carbons (Fsp3) is 0.500. The molecule has 17 heavy (non-hydrogen) atoms. The third-order valence-electron chi connectivity index (χ3n) is 3.03. The van der Waals surface area contributed by atoms with E-state index in [0.29, 0.717) is 12.5 Å². The first kappa shape index (κ1) is 13.6. The van der Waals surface area contributed by atoms with E-state index in [4.69, 9.17) is 11.2 Å². The number of benzene rings is 1. The molecule has 0 spiro atoms. The summed E-state index contributed by atoms with van der Waals surface area (Å²) in [5, 5.41) is 0. The van der Waals surface area contributed by atoms with Crippen LogP contribution < -0.4 is 4.74 Å². The van der Waals surface area contributed by atoms with Crippen molar-refractivity contribution in [3.8, 4) is 18.1 Å². The molecule has 0 saturated heterocycles. The summed E-state index contributed by atoms with van der Waals surface area (Å²) in [5.74, 6) is 4.20. The molecular formula is C16H22O. The first-order chi connectivity index (χ1) is 8.13. The summed E-state index contributed by atoms with van der Waals surface area (Å²) < 4.78 is 5.78. The van der Waals surface area contributed by atoms with Gasteiger partial charge in [0.25, 0.3) is 0 Å². The molecule has 0 bridgehead atoms. The van der Waals surface area contributed by atoms with E-state index in [-0.39, 0.29) is 0 Å². The largest absolute Gasteiger partial charge is 0.493 e. The van der Waals surface area contributed by atoms with Crippen LogP contribution in [0.25, 0.3) is 0 Å². The van der Waals surface area contributed by atoms with Crippen LogP contribution in [0.3, 0.4) is 0 Å². The smallest absolute Gasteiger partial charge is 0.125 e.